The van der Waals surface area contributed by atoms with Crippen molar-refractivity contribution >= 4 is 39.8 Å². The van der Waals surface area contributed by atoms with Gasteiger partial charge in [0.1, 0.15) is 17.7 Å². The van der Waals surface area contributed by atoms with E-state index in [4.69, 9.17) is 32.9 Å². The van der Waals surface area contributed by atoms with E-state index in [9.17, 15) is 13.6 Å². The van der Waals surface area contributed by atoms with Gasteiger partial charge < -0.3 is 24.3 Å². The molecule has 0 N–H and O–H groups in total. The zero-order chi connectivity index (χ0) is 30.3. The predicted molar refractivity (Wildman–Crippen MR) is 163 cm³/mol. The minimum absolute atomic E-state index is 0.0384. The van der Waals surface area contributed by atoms with E-state index in [0.29, 0.717) is 50.4 Å². The molecular weight excluding hydrogens is 574 g/mol. The third-order valence-corrected chi connectivity index (χ3v) is 9.33. The Morgan fingerprint density at radius 2 is 2.02 bits per heavy atom. The van der Waals surface area contributed by atoms with Gasteiger partial charge in [-0.05, 0) is 36.8 Å². The molecule has 3 aromatic rings. The number of carbonyl (C=O) groups excluding carboxylic acids is 1. The van der Waals surface area contributed by atoms with Crippen molar-refractivity contribution < 1.29 is 18.3 Å². The molecule has 6 rings (SSSR count). The molecule has 11 heteroatoms. The zero-order valence-corrected chi connectivity index (χ0v) is 24.8. The first-order valence-corrected chi connectivity index (χ1v) is 14.9. The van der Waals surface area contributed by atoms with Gasteiger partial charge in [0.05, 0.1) is 23.9 Å². The predicted octanol–water partition coefficient (Wildman–Crippen LogP) is 5.97. The molecule has 2 aliphatic heterocycles. The second-order valence-electron chi connectivity index (χ2n) is 12.0. The van der Waals surface area contributed by atoms with E-state index in [1.807, 2.05) is 18.2 Å². The Kier molecular flexibility index (Phi) is 7.86. The fourth-order valence-electron chi connectivity index (χ4n) is 6.37. The van der Waals surface area contributed by atoms with Gasteiger partial charge in [-0.3, -0.25) is 4.79 Å². The van der Waals surface area contributed by atoms with Gasteiger partial charge in [0, 0.05) is 48.2 Å². The molecule has 1 aliphatic carbocycles. The van der Waals surface area contributed by atoms with E-state index in [1.165, 1.54) is 17.4 Å². The molecular formula is C32H33ClF2N6O2. The minimum Gasteiger partial charge on any atom is -0.463 e. The van der Waals surface area contributed by atoms with Gasteiger partial charge in [-0.1, -0.05) is 49.7 Å². The zero-order valence-electron chi connectivity index (χ0n) is 24.1. The number of piperazine rings is 1. The van der Waals surface area contributed by atoms with Crippen LogP contribution in [-0.2, 0) is 17.8 Å². The molecule has 1 saturated carbocycles. The number of nitrogens with zero attached hydrogens (tertiary/aromatic N) is 6. The highest BCUT2D eigenvalue weighted by Crippen LogP contribution is 2.41. The summed E-state index contributed by atoms with van der Waals surface area (Å²) in [5.74, 6) is -1.57. The molecule has 1 amide bonds. The first kappa shape index (κ1) is 29.1. The molecule has 2 fully saturated rings. The number of anilines is 2. The van der Waals surface area contributed by atoms with Crippen LogP contribution in [0.3, 0.4) is 0 Å². The lowest BCUT2D eigenvalue weighted by Gasteiger charge is -2.41. The Morgan fingerprint density at radius 1 is 1.21 bits per heavy atom. The van der Waals surface area contributed by atoms with E-state index in [2.05, 4.69) is 28.1 Å². The van der Waals surface area contributed by atoms with Crippen molar-refractivity contribution in [3.8, 4) is 6.01 Å². The van der Waals surface area contributed by atoms with Crippen LogP contribution in [0.25, 0.3) is 15.6 Å². The van der Waals surface area contributed by atoms with Gasteiger partial charge in [-0.15, -0.1) is 0 Å². The molecule has 0 bridgehead atoms. The van der Waals surface area contributed by atoms with Crippen LogP contribution < -0.4 is 14.5 Å². The van der Waals surface area contributed by atoms with Crippen molar-refractivity contribution in [2.75, 3.05) is 49.1 Å². The molecule has 0 radical (unpaired) electrons. The summed E-state index contributed by atoms with van der Waals surface area (Å²) in [7, 11) is 0. The summed E-state index contributed by atoms with van der Waals surface area (Å²) in [6, 6.07) is 8.67. The summed E-state index contributed by atoms with van der Waals surface area (Å²) in [6.45, 7) is 15.4. The maximum absolute atomic E-state index is 14.5. The van der Waals surface area contributed by atoms with Crippen molar-refractivity contribution in [3.63, 3.8) is 0 Å². The first-order chi connectivity index (χ1) is 20.7. The molecule has 3 aliphatic rings. The Morgan fingerprint density at radius 3 is 2.74 bits per heavy atom. The number of fused-ring (bicyclic) bond motifs is 2. The number of rotatable bonds is 7. The summed E-state index contributed by atoms with van der Waals surface area (Å²) < 4.78 is 34.5. The van der Waals surface area contributed by atoms with Gasteiger partial charge in [0.25, 0.3) is 5.91 Å². The molecule has 8 nitrogen and oxygen atoms in total. The fourth-order valence-corrected chi connectivity index (χ4v) is 6.64. The van der Waals surface area contributed by atoms with Crippen LogP contribution in [0.4, 0.5) is 20.3 Å². The van der Waals surface area contributed by atoms with E-state index < -0.39 is 23.6 Å². The van der Waals surface area contributed by atoms with Crippen molar-refractivity contribution in [3.05, 3.63) is 76.3 Å². The topological polar surface area (TPSA) is 66.2 Å². The lowest BCUT2D eigenvalue weighted by molar-refractivity contribution is -0.131. The number of carbonyl (C=O) groups is 1. The number of aromatic nitrogens is 2. The summed E-state index contributed by atoms with van der Waals surface area (Å²) >= 11 is 6.47. The van der Waals surface area contributed by atoms with E-state index in [-0.39, 0.29) is 29.5 Å². The Balaban J connectivity index is 1.35. The largest absolute Gasteiger partial charge is 0.463 e. The van der Waals surface area contributed by atoms with Gasteiger partial charge in [-0.2, -0.15) is 9.97 Å². The van der Waals surface area contributed by atoms with Gasteiger partial charge in [0.15, 0.2) is 5.83 Å². The van der Waals surface area contributed by atoms with Gasteiger partial charge in [-0.25, -0.2) is 15.4 Å². The summed E-state index contributed by atoms with van der Waals surface area (Å²) in [5.41, 5.74) is 2.68. The molecule has 43 heavy (non-hydrogen) atoms. The average molecular weight is 607 g/mol. The monoisotopic (exact) mass is 606 g/mol. The fraction of sp³-hybridized carbons (Fsp3) is 0.438. The highest BCUT2D eigenvalue weighted by molar-refractivity contribution is 6.36. The van der Waals surface area contributed by atoms with Crippen molar-refractivity contribution in [2.45, 2.75) is 45.2 Å². The average Bonchev–Trinajstić information content (AvgIpc) is 2.99. The smallest absolute Gasteiger partial charge is 0.318 e. The van der Waals surface area contributed by atoms with Gasteiger partial charge >= 0.3 is 6.01 Å². The molecule has 224 valence electrons. The van der Waals surface area contributed by atoms with Crippen molar-refractivity contribution in [2.24, 2.45) is 5.41 Å². The maximum Gasteiger partial charge on any atom is 0.318 e. The standard InChI is InChI=1S/C32H33ClF2N6O2/c1-20(34)30(42)41-15-14-40(17-22(41)16-36-3)29-23-10-13-39(26-7-4-6-21-8-9-24(35)28(33)27(21)26)18-25(23)37-31(38-29)43-19-32(2)11-5-12-32/h4,6-9,22H,1,5,10-19H2,2H3/t22-/m0/s1. The SMILES string of the molecule is [C-]#[N+]C[C@H]1CN(c2nc(OCC3(C)CCC3)nc3c2CCN(c2cccc4ccc(F)c(Cl)c24)C3)CCN1C(=O)C(=C)F. The molecule has 2 aromatic carbocycles. The number of halogens is 3. The molecule has 1 saturated heterocycles. The van der Waals surface area contributed by atoms with Gasteiger partial charge in [0.2, 0.25) is 6.54 Å². The maximum atomic E-state index is 14.5. The van der Waals surface area contributed by atoms with Crippen LogP contribution in [-0.4, -0.2) is 66.1 Å². The number of ether oxygens (including phenoxy) is 1. The lowest BCUT2D eigenvalue weighted by Crippen LogP contribution is -2.57. The van der Waals surface area contributed by atoms with E-state index >= 15 is 0 Å². The third-order valence-electron chi connectivity index (χ3n) is 8.96. The summed E-state index contributed by atoms with van der Waals surface area (Å²) in [5, 5.41) is 1.60. The number of hydrogen-bond donors (Lipinski definition) is 0. The van der Waals surface area contributed by atoms with Crippen LogP contribution in [0.1, 0.15) is 37.4 Å². The van der Waals surface area contributed by atoms with Crippen molar-refractivity contribution in [1.29, 1.82) is 0 Å². The Hall–Kier alpha value is -3.97. The van der Waals surface area contributed by atoms with Crippen LogP contribution in [0.5, 0.6) is 6.01 Å². The highest BCUT2D eigenvalue weighted by Gasteiger charge is 2.37. The summed E-state index contributed by atoms with van der Waals surface area (Å²) in [4.78, 5) is 31.3. The second-order valence-corrected chi connectivity index (χ2v) is 12.3. The normalized spacial score (nSPS) is 19.4. The van der Waals surface area contributed by atoms with Crippen LogP contribution in [0.15, 0.2) is 42.7 Å². The molecule has 3 heterocycles. The molecule has 0 spiro atoms. The van der Waals surface area contributed by atoms with E-state index in [0.717, 1.165) is 35.2 Å². The second kappa shape index (κ2) is 11.6. The Labute approximate surface area is 254 Å². The van der Waals surface area contributed by atoms with Crippen LogP contribution >= 0.6 is 11.6 Å². The van der Waals surface area contributed by atoms with Crippen molar-refractivity contribution in [1.82, 2.24) is 14.9 Å². The highest BCUT2D eigenvalue weighted by atomic mass is 35.5. The number of benzene rings is 2. The summed E-state index contributed by atoms with van der Waals surface area (Å²) in [6.07, 6.45) is 3.96. The number of hydrogen-bond acceptors (Lipinski definition) is 6. The quantitative estimate of drug-likeness (QED) is 0.244. The van der Waals surface area contributed by atoms with Crippen LogP contribution in [0.2, 0.25) is 5.02 Å². The minimum atomic E-state index is -1.03. The first-order valence-electron chi connectivity index (χ1n) is 14.6. The lowest BCUT2D eigenvalue weighted by atomic mass is 9.71. The molecule has 0 unspecified atom stereocenters. The molecule has 1 aromatic heterocycles. The van der Waals surface area contributed by atoms with Crippen LogP contribution in [0, 0.1) is 17.8 Å². The third kappa shape index (κ3) is 5.58. The Bertz CT molecular complexity index is 1640. The van der Waals surface area contributed by atoms with E-state index in [1.54, 1.807) is 6.07 Å². The number of amides is 1. The molecule has 1 atom stereocenters.